The number of ether oxygens (including phenoxy) is 2. The molecule has 0 aliphatic rings. The SMILES string of the molecule is CCOc1ccc(/C=C/C(=O)Nc2ccc3nc(C)nn3c2)cc1OC. The lowest BCUT2D eigenvalue weighted by Gasteiger charge is -2.09. The molecule has 2 heterocycles. The first kappa shape index (κ1) is 17.5. The Morgan fingerprint density at radius 2 is 2.12 bits per heavy atom. The van der Waals surface area contributed by atoms with E-state index in [4.69, 9.17) is 9.47 Å². The molecule has 0 radical (unpaired) electrons. The molecule has 1 N–H and O–H groups in total. The highest BCUT2D eigenvalue weighted by Gasteiger charge is 2.05. The third-order valence-corrected chi connectivity index (χ3v) is 3.62. The Morgan fingerprint density at radius 1 is 1.27 bits per heavy atom. The number of fused-ring (bicyclic) bond motifs is 1. The summed E-state index contributed by atoms with van der Waals surface area (Å²) in [6.45, 7) is 4.29. The van der Waals surface area contributed by atoms with Gasteiger partial charge in [0, 0.05) is 6.08 Å². The maximum atomic E-state index is 12.2. The lowest BCUT2D eigenvalue weighted by atomic mass is 10.2. The van der Waals surface area contributed by atoms with Gasteiger partial charge >= 0.3 is 0 Å². The normalized spacial score (nSPS) is 11.0. The number of aromatic nitrogens is 3. The van der Waals surface area contributed by atoms with E-state index in [9.17, 15) is 4.79 Å². The number of carbonyl (C=O) groups is 1. The van der Waals surface area contributed by atoms with Crippen LogP contribution in [0.2, 0.25) is 0 Å². The molecule has 0 bridgehead atoms. The zero-order valence-electron chi connectivity index (χ0n) is 14.9. The number of nitrogens with one attached hydrogen (secondary N) is 1. The van der Waals surface area contributed by atoms with Gasteiger partial charge in [0.1, 0.15) is 5.82 Å². The summed E-state index contributed by atoms with van der Waals surface area (Å²) in [5.74, 6) is 1.74. The molecule has 134 valence electrons. The van der Waals surface area contributed by atoms with Gasteiger partial charge < -0.3 is 14.8 Å². The van der Waals surface area contributed by atoms with Crippen molar-refractivity contribution in [2.45, 2.75) is 13.8 Å². The summed E-state index contributed by atoms with van der Waals surface area (Å²) in [4.78, 5) is 16.4. The van der Waals surface area contributed by atoms with Crippen molar-refractivity contribution in [3.8, 4) is 11.5 Å². The van der Waals surface area contributed by atoms with Gasteiger partial charge in [0.2, 0.25) is 5.91 Å². The van der Waals surface area contributed by atoms with E-state index in [1.807, 2.05) is 32.0 Å². The van der Waals surface area contributed by atoms with Crippen molar-refractivity contribution in [2.24, 2.45) is 0 Å². The van der Waals surface area contributed by atoms with Crippen molar-refractivity contribution in [1.29, 1.82) is 0 Å². The minimum absolute atomic E-state index is 0.242. The molecule has 0 spiro atoms. The molecule has 0 fully saturated rings. The Morgan fingerprint density at radius 3 is 2.88 bits per heavy atom. The van der Waals surface area contributed by atoms with Gasteiger partial charge in [-0.1, -0.05) is 6.07 Å². The topological polar surface area (TPSA) is 77.8 Å². The first-order chi connectivity index (χ1) is 12.6. The fourth-order valence-electron chi connectivity index (χ4n) is 2.49. The molecule has 0 unspecified atom stereocenters. The van der Waals surface area contributed by atoms with Crippen LogP contribution in [0.25, 0.3) is 11.7 Å². The second-order valence-corrected chi connectivity index (χ2v) is 5.55. The summed E-state index contributed by atoms with van der Waals surface area (Å²) in [6, 6.07) is 9.09. The summed E-state index contributed by atoms with van der Waals surface area (Å²) in [6.07, 6.45) is 4.90. The first-order valence-electron chi connectivity index (χ1n) is 8.22. The van der Waals surface area contributed by atoms with E-state index in [0.717, 1.165) is 11.2 Å². The van der Waals surface area contributed by atoms with Crippen molar-refractivity contribution in [3.63, 3.8) is 0 Å². The molecular formula is C19H20N4O3. The maximum Gasteiger partial charge on any atom is 0.248 e. The highest BCUT2D eigenvalue weighted by molar-refractivity contribution is 6.01. The van der Waals surface area contributed by atoms with Crippen LogP contribution in [0.1, 0.15) is 18.3 Å². The number of amides is 1. The van der Waals surface area contributed by atoms with E-state index in [2.05, 4.69) is 15.4 Å². The van der Waals surface area contributed by atoms with E-state index in [1.54, 1.807) is 36.0 Å². The van der Waals surface area contributed by atoms with E-state index in [0.29, 0.717) is 29.6 Å². The first-order valence-corrected chi connectivity index (χ1v) is 8.22. The number of hydrogen-bond donors (Lipinski definition) is 1. The number of nitrogens with zero attached hydrogens (tertiary/aromatic N) is 3. The number of carbonyl (C=O) groups excluding carboxylic acids is 1. The molecule has 0 saturated heterocycles. The molecule has 1 amide bonds. The van der Waals surface area contributed by atoms with Gasteiger partial charge in [-0.15, -0.1) is 0 Å². The highest BCUT2D eigenvalue weighted by Crippen LogP contribution is 2.28. The number of pyridine rings is 1. The average molecular weight is 352 g/mol. The van der Waals surface area contributed by atoms with Crippen LogP contribution in [-0.4, -0.2) is 34.2 Å². The molecule has 3 rings (SSSR count). The molecule has 0 atom stereocenters. The standard InChI is InChI=1S/C19H20N4O3/c1-4-26-16-8-5-14(11-17(16)25-3)6-10-19(24)21-15-7-9-18-20-13(2)22-23(18)12-15/h5-12H,4H2,1-3H3,(H,21,24)/b10-6+. The van der Waals surface area contributed by atoms with Crippen LogP contribution in [0, 0.1) is 6.92 Å². The molecule has 0 saturated carbocycles. The van der Waals surface area contributed by atoms with Crippen molar-refractivity contribution < 1.29 is 14.3 Å². The largest absolute Gasteiger partial charge is 0.493 e. The predicted octanol–water partition coefficient (Wildman–Crippen LogP) is 3.10. The fourth-order valence-corrected chi connectivity index (χ4v) is 2.49. The maximum absolute atomic E-state index is 12.2. The van der Waals surface area contributed by atoms with E-state index in [-0.39, 0.29) is 5.91 Å². The van der Waals surface area contributed by atoms with Crippen molar-refractivity contribution >= 4 is 23.3 Å². The molecule has 0 aliphatic carbocycles. The minimum atomic E-state index is -0.242. The van der Waals surface area contributed by atoms with Gasteiger partial charge in [0.15, 0.2) is 17.1 Å². The number of rotatable bonds is 6. The molecule has 26 heavy (non-hydrogen) atoms. The molecule has 1 aromatic carbocycles. The van der Waals surface area contributed by atoms with Crippen LogP contribution in [0.5, 0.6) is 11.5 Å². The number of aryl methyl sites for hydroxylation is 1. The molecule has 7 heteroatoms. The van der Waals surface area contributed by atoms with Crippen LogP contribution < -0.4 is 14.8 Å². The Kier molecular flexibility index (Phi) is 5.17. The van der Waals surface area contributed by atoms with E-state index >= 15 is 0 Å². The Bertz CT molecular complexity index is 963. The van der Waals surface area contributed by atoms with Gasteiger partial charge in [-0.3, -0.25) is 4.79 Å². The molecule has 0 aliphatic heterocycles. The Hall–Kier alpha value is -3.35. The van der Waals surface area contributed by atoms with Crippen LogP contribution in [0.15, 0.2) is 42.6 Å². The number of benzene rings is 1. The summed E-state index contributed by atoms with van der Waals surface area (Å²) < 4.78 is 12.4. The van der Waals surface area contributed by atoms with Gasteiger partial charge in [0.05, 0.1) is 25.6 Å². The number of methoxy groups -OCH3 is 1. The van der Waals surface area contributed by atoms with Crippen molar-refractivity contribution in [3.05, 3.63) is 54.0 Å². The smallest absolute Gasteiger partial charge is 0.248 e. The molecular weight excluding hydrogens is 332 g/mol. The zero-order chi connectivity index (χ0) is 18.5. The Labute approximate surface area is 151 Å². The van der Waals surface area contributed by atoms with Crippen molar-refractivity contribution in [1.82, 2.24) is 14.6 Å². The lowest BCUT2D eigenvalue weighted by Crippen LogP contribution is -2.08. The van der Waals surface area contributed by atoms with E-state index in [1.165, 1.54) is 6.08 Å². The molecule has 7 nitrogen and oxygen atoms in total. The predicted molar refractivity (Wildman–Crippen MR) is 99.6 cm³/mol. The summed E-state index contributed by atoms with van der Waals surface area (Å²) in [7, 11) is 1.58. The van der Waals surface area contributed by atoms with Crippen LogP contribution in [0.3, 0.4) is 0 Å². The molecule has 2 aromatic heterocycles. The summed E-state index contributed by atoms with van der Waals surface area (Å²) in [5.41, 5.74) is 2.21. The van der Waals surface area contributed by atoms with Crippen LogP contribution >= 0.6 is 0 Å². The van der Waals surface area contributed by atoms with Gasteiger partial charge in [0.25, 0.3) is 0 Å². The van der Waals surface area contributed by atoms with Crippen LogP contribution in [-0.2, 0) is 4.79 Å². The number of anilines is 1. The third kappa shape index (κ3) is 4.00. The zero-order valence-corrected chi connectivity index (χ0v) is 14.9. The lowest BCUT2D eigenvalue weighted by molar-refractivity contribution is -0.111. The van der Waals surface area contributed by atoms with Crippen molar-refractivity contribution in [2.75, 3.05) is 19.0 Å². The van der Waals surface area contributed by atoms with E-state index < -0.39 is 0 Å². The summed E-state index contributed by atoms with van der Waals surface area (Å²) in [5, 5.41) is 7.03. The second kappa shape index (κ2) is 7.69. The monoisotopic (exact) mass is 352 g/mol. The summed E-state index contributed by atoms with van der Waals surface area (Å²) >= 11 is 0. The van der Waals surface area contributed by atoms with Gasteiger partial charge in [-0.25, -0.2) is 9.50 Å². The van der Waals surface area contributed by atoms with Gasteiger partial charge in [-0.05, 0) is 49.8 Å². The minimum Gasteiger partial charge on any atom is -0.493 e. The molecule has 3 aromatic rings. The second-order valence-electron chi connectivity index (χ2n) is 5.55. The van der Waals surface area contributed by atoms with Crippen LogP contribution in [0.4, 0.5) is 5.69 Å². The fraction of sp³-hybridized carbons (Fsp3) is 0.211. The average Bonchev–Trinajstić information content (AvgIpc) is 3.00. The highest BCUT2D eigenvalue weighted by atomic mass is 16.5. The third-order valence-electron chi connectivity index (χ3n) is 3.62. The van der Waals surface area contributed by atoms with Gasteiger partial charge in [-0.2, -0.15) is 5.10 Å². The quantitative estimate of drug-likeness (QED) is 0.690. The number of hydrogen-bond acceptors (Lipinski definition) is 5. The Balaban J connectivity index is 1.70.